The summed E-state index contributed by atoms with van der Waals surface area (Å²) in [4.78, 5) is 34.7. The van der Waals surface area contributed by atoms with E-state index < -0.39 is 23.8 Å². The van der Waals surface area contributed by atoms with Gasteiger partial charge in [-0.15, -0.1) is 0 Å². The van der Waals surface area contributed by atoms with Crippen LogP contribution in [0, 0.1) is 5.41 Å². The lowest BCUT2D eigenvalue weighted by Crippen LogP contribution is -2.46. The van der Waals surface area contributed by atoms with Gasteiger partial charge in [0.15, 0.2) is 0 Å². The molecule has 0 aromatic heterocycles. The summed E-state index contributed by atoms with van der Waals surface area (Å²) in [5.74, 6) is -1.79. The van der Waals surface area contributed by atoms with Crippen LogP contribution in [0.4, 0.5) is 4.79 Å². The Kier molecular flexibility index (Phi) is 7.35. The third-order valence-corrected chi connectivity index (χ3v) is 4.62. The number of ketones is 1. The van der Waals surface area contributed by atoms with Gasteiger partial charge in [0, 0.05) is 5.41 Å². The Morgan fingerprint density at radius 2 is 1.86 bits per heavy atom. The highest BCUT2D eigenvalue weighted by atomic mass is 16.5. The SMILES string of the molecule is CCCC[C@H](NC(=O)OCC1(CC)CCCC1)C(=O)C(N)=O. The molecule has 2 amide bonds. The molecule has 126 valence electrons. The highest BCUT2D eigenvalue weighted by molar-refractivity contribution is 6.37. The van der Waals surface area contributed by atoms with Crippen molar-refractivity contribution >= 4 is 17.8 Å². The summed E-state index contributed by atoms with van der Waals surface area (Å²) < 4.78 is 5.31. The normalized spacial score (nSPS) is 17.7. The van der Waals surface area contributed by atoms with Crippen molar-refractivity contribution in [2.75, 3.05) is 6.61 Å². The second-order valence-electron chi connectivity index (χ2n) is 6.20. The Morgan fingerprint density at radius 1 is 1.23 bits per heavy atom. The number of alkyl carbamates (subject to hydrolysis) is 1. The van der Waals surface area contributed by atoms with Crippen LogP contribution >= 0.6 is 0 Å². The van der Waals surface area contributed by atoms with Crippen molar-refractivity contribution in [3.63, 3.8) is 0 Å². The predicted octanol–water partition coefficient (Wildman–Crippen LogP) is 2.30. The molecule has 3 N–H and O–H groups in total. The summed E-state index contributed by atoms with van der Waals surface area (Å²) in [6, 6.07) is -0.883. The van der Waals surface area contributed by atoms with Gasteiger partial charge < -0.3 is 15.8 Å². The van der Waals surface area contributed by atoms with Gasteiger partial charge in [-0.3, -0.25) is 9.59 Å². The summed E-state index contributed by atoms with van der Waals surface area (Å²) in [6.07, 6.45) is 6.77. The first-order chi connectivity index (χ1) is 10.4. The highest BCUT2D eigenvalue weighted by Crippen LogP contribution is 2.41. The Labute approximate surface area is 132 Å². The van der Waals surface area contributed by atoms with Crippen LogP contribution in [0.15, 0.2) is 0 Å². The standard InChI is InChI=1S/C16H28N2O4/c1-3-5-8-12(13(19)14(17)20)18-15(21)22-11-16(4-2)9-6-7-10-16/h12H,3-11H2,1-2H3,(H2,17,20)(H,18,21)/t12-/m0/s1. The van der Waals surface area contributed by atoms with E-state index in [1.54, 1.807) is 0 Å². The minimum atomic E-state index is -1.03. The zero-order valence-electron chi connectivity index (χ0n) is 13.7. The molecular formula is C16H28N2O4. The van der Waals surface area contributed by atoms with Crippen LogP contribution in [0.3, 0.4) is 0 Å². The number of Topliss-reactive ketones (excluding diaryl/α,β-unsaturated/α-hetero) is 1. The molecule has 1 rings (SSSR count). The van der Waals surface area contributed by atoms with E-state index in [-0.39, 0.29) is 5.41 Å². The van der Waals surface area contributed by atoms with Crippen LogP contribution in [-0.2, 0) is 14.3 Å². The van der Waals surface area contributed by atoms with Gasteiger partial charge in [0.1, 0.15) is 6.04 Å². The van der Waals surface area contributed by atoms with E-state index in [1.165, 1.54) is 0 Å². The fourth-order valence-corrected chi connectivity index (χ4v) is 2.98. The topological polar surface area (TPSA) is 98.5 Å². The fraction of sp³-hybridized carbons (Fsp3) is 0.812. The number of ether oxygens (including phenoxy) is 1. The summed E-state index contributed by atoms with van der Waals surface area (Å²) in [5, 5.41) is 2.49. The molecule has 1 fully saturated rings. The minimum absolute atomic E-state index is 0.0734. The zero-order chi connectivity index (χ0) is 16.6. The number of carbonyl (C=O) groups excluding carboxylic acids is 3. The number of hydrogen-bond acceptors (Lipinski definition) is 4. The molecule has 0 heterocycles. The predicted molar refractivity (Wildman–Crippen MR) is 83.2 cm³/mol. The maximum absolute atomic E-state index is 11.9. The maximum Gasteiger partial charge on any atom is 0.407 e. The van der Waals surface area contributed by atoms with Gasteiger partial charge in [0.2, 0.25) is 5.78 Å². The number of hydrogen-bond donors (Lipinski definition) is 2. The zero-order valence-corrected chi connectivity index (χ0v) is 13.7. The van der Waals surface area contributed by atoms with Gasteiger partial charge in [-0.2, -0.15) is 0 Å². The molecule has 0 aromatic carbocycles. The molecule has 1 aliphatic rings. The van der Waals surface area contributed by atoms with Crippen LogP contribution in [-0.4, -0.2) is 30.4 Å². The van der Waals surface area contributed by atoms with Gasteiger partial charge in [0.25, 0.3) is 5.91 Å². The molecule has 1 atom stereocenters. The van der Waals surface area contributed by atoms with E-state index in [1.807, 2.05) is 6.92 Å². The van der Waals surface area contributed by atoms with Gasteiger partial charge in [0.05, 0.1) is 6.61 Å². The van der Waals surface area contributed by atoms with E-state index in [4.69, 9.17) is 10.5 Å². The second kappa shape index (κ2) is 8.76. The number of primary amides is 1. The fourth-order valence-electron chi connectivity index (χ4n) is 2.98. The summed E-state index contributed by atoms with van der Waals surface area (Å²) in [7, 11) is 0. The molecule has 0 saturated heterocycles. The molecule has 0 aromatic rings. The van der Waals surface area contributed by atoms with E-state index >= 15 is 0 Å². The minimum Gasteiger partial charge on any atom is -0.449 e. The Balaban J connectivity index is 2.51. The van der Waals surface area contributed by atoms with Crippen molar-refractivity contribution < 1.29 is 19.1 Å². The van der Waals surface area contributed by atoms with Gasteiger partial charge in [-0.25, -0.2) is 4.79 Å². The van der Waals surface area contributed by atoms with Crippen molar-refractivity contribution in [2.45, 2.75) is 71.3 Å². The maximum atomic E-state index is 11.9. The molecule has 1 aliphatic carbocycles. The first kappa shape index (κ1) is 18.5. The molecular weight excluding hydrogens is 284 g/mol. The van der Waals surface area contributed by atoms with E-state index in [0.717, 1.165) is 44.9 Å². The molecule has 6 heteroatoms. The second-order valence-corrected chi connectivity index (χ2v) is 6.20. The average molecular weight is 312 g/mol. The molecule has 6 nitrogen and oxygen atoms in total. The Morgan fingerprint density at radius 3 is 2.36 bits per heavy atom. The Hall–Kier alpha value is -1.59. The molecule has 0 unspecified atom stereocenters. The summed E-state index contributed by atoms with van der Waals surface area (Å²) in [5.41, 5.74) is 5.09. The molecule has 22 heavy (non-hydrogen) atoms. The van der Waals surface area contributed by atoms with E-state index in [2.05, 4.69) is 12.2 Å². The van der Waals surface area contributed by atoms with Crippen LogP contribution in [0.2, 0.25) is 0 Å². The number of unbranched alkanes of at least 4 members (excludes halogenated alkanes) is 1. The van der Waals surface area contributed by atoms with Crippen molar-refractivity contribution in [1.82, 2.24) is 5.32 Å². The van der Waals surface area contributed by atoms with Crippen molar-refractivity contribution in [3.05, 3.63) is 0 Å². The van der Waals surface area contributed by atoms with Gasteiger partial charge >= 0.3 is 6.09 Å². The van der Waals surface area contributed by atoms with Crippen LogP contribution < -0.4 is 11.1 Å². The number of carbonyl (C=O) groups is 3. The van der Waals surface area contributed by atoms with Crippen LogP contribution in [0.25, 0.3) is 0 Å². The third kappa shape index (κ3) is 5.31. The molecule has 0 aliphatic heterocycles. The Bertz CT molecular complexity index is 403. The number of rotatable bonds is 9. The quantitative estimate of drug-likeness (QED) is 0.638. The lowest BCUT2D eigenvalue weighted by Gasteiger charge is -2.27. The number of amides is 2. The van der Waals surface area contributed by atoms with Crippen molar-refractivity contribution in [3.8, 4) is 0 Å². The van der Waals surface area contributed by atoms with Gasteiger partial charge in [-0.05, 0) is 25.7 Å². The highest BCUT2D eigenvalue weighted by Gasteiger charge is 2.34. The molecule has 0 spiro atoms. The monoisotopic (exact) mass is 312 g/mol. The summed E-state index contributed by atoms with van der Waals surface area (Å²) in [6.45, 7) is 4.43. The lowest BCUT2D eigenvalue weighted by atomic mass is 9.84. The van der Waals surface area contributed by atoms with Gasteiger partial charge in [-0.1, -0.05) is 39.5 Å². The molecule has 1 saturated carbocycles. The molecule has 0 radical (unpaired) electrons. The van der Waals surface area contributed by atoms with Crippen molar-refractivity contribution in [2.24, 2.45) is 11.1 Å². The van der Waals surface area contributed by atoms with Crippen LogP contribution in [0.5, 0.6) is 0 Å². The summed E-state index contributed by atoms with van der Waals surface area (Å²) >= 11 is 0. The van der Waals surface area contributed by atoms with Crippen molar-refractivity contribution in [1.29, 1.82) is 0 Å². The first-order valence-corrected chi connectivity index (χ1v) is 8.21. The van der Waals surface area contributed by atoms with E-state index in [9.17, 15) is 14.4 Å². The van der Waals surface area contributed by atoms with E-state index in [0.29, 0.717) is 13.0 Å². The number of nitrogens with two attached hydrogens (primary N) is 1. The first-order valence-electron chi connectivity index (χ1n) is 8.21. The lowest BCUT2D eigenvalue weighted by molar-refractivity contribution is -0.137. The van der Waals surface area contributed by atoms with Crippen LogP contribution in [0.1, 0.15) is 65.2 Å². The average Bonchev–Trinajstić information content (AvgIpc) is 2.98. The number of nitrogens with one attached hydrogen (secondary N) is 1. The smallest absolute Gasteiger partial charge is 0.407 e. The molecule has 0 bridgehead atoms. The third-order valence-electron chi connectivity index (χ3n) is 4.62. The largest absolute Gasteiger partial charge is 0.449 e.